The van der Waals surface area contributed by atoms with Gasteiger partial charge < -0.3 is 14.8 Å². The van der Waals surface area contributed by atoms with Gasteiger partial charge in [-0.25, -0.2) is 4.68 Å². The minimum atomic E-state index is -0.113. The number of carbonyl (C=O) groups excluding carboxylic acids is 1. The number of nitrogens with zero attached hydrogens (tertiary/aromatic N) is 4. The average molecular weight is 365 g/mol. The molecule has 0 aliphatic rings. The fraction of sp³-hybridized carbons (Fsp3) is 0.158. The molecule has 8 heteroatoms. The molecule has 0 radical (unpaired) electrons. The molecule has 1 aromatic heterocycles. The lowest BCUT2D eigenvalue weighted by atomic mass is 10.1. The van der Waals surface area contributed by atoms with Crippen LogP contribution in [0.5, 0.6) is 11.5 Å². The summed E-state index contributed by atoms with van der Waals surface area (Å²) in [7, 11) is 1.62. The van der Waals surface area contributed by atoms with Crippen molar-refractivity contribution < 1.29 is 14.3 Å². The lowest BCUT2D eigenvalue weighted by Crippen LogP contribution is -2.05. The number of hydrogen-bond donors (Lipinski definition) is 1. The van der Waals surface area contributed by atoms with Gasteiger partial charge in [0.1, 0.15) is 30.8 Å². The van der Waals surface area contributed by atoms with Gasteiger partial charge >= 0.3 is 0 Å². The molecule has 0 aliphatic carbocycles. The van der Waals surface area contributed by atoms with E-state index in [1.807, 2.05) is 18.2 Å². The lowest BCUT2D eigenvalue weighted by molar-refractivity contribution is -0.114. The smallest absolute Gasteiger partial charge is 0.221 e. The molecule has 3 rings (SSSR count). The molecular weight excluding hydrogens is 346 g/mol. The minimum Gasteiger partial charge on any atom is -0.496 e. The summed E-state index contributed by atoms with van der Waals surface area (Å²) >= 11 is 0. The molecule has 8 nitrogen and oxygen atoms in total. The number of anilines is 1. The second-order valence-corrected chi connectivity index (χ2v) is 5.65. The first-order chi connectivity index (χ1) is 13.1. The second kappa shape index (κ2) is 8.61. The van der Waals surface area contributed by atoms with Crippen LogP contribution < -0.4 is 14.8 Å². The summed E-state index contributed by atoms with van der Waals surface area (Å²) in [5.41, 5.74) is 2.50. The molecule has 2 aromatic carbocycles. The van der Waals surface area contributed by atoms with Crippen molar-refractivity contribution in [1.29, 1.82) is 0 Å². The number of methoxy groups -OCH3 is 1. The van der Waals surface area contributed by atoms with Crippen LogP contribution in [0.2, 0.25) is 0 Å². The molecule has 0 fully saturated rings. The fourth-order valence-corrected chi connectivity index (χ4v) is 2.38. The van der Waals surface area contributed by atoms with Crippen LogP contribution >= 0.6 is 0 Å². The molecule has 0 spiro atoms. The van der Waals surface area contributed by atoms with Crippen LogP contribution in [0, 0.1) is 0 Å². The molecule has 0 atom stereocenters. The molecule has 138 valence electrons. The third-order valence-electron chi connectivity index (χ3n) is 3.62. The van der Waals surface area contributed by atoms with Gasteiger partial charge in [0.25, 0.3) is 0 Å². The Morgan fingerprint density at radius 3 is 2.59 bits per heavy atom. The van der Waals surface area contributed by atoms with E-state index in [0.29, 0.717) is 12.4 Å². The third-order valence-corrected chi connectivity index (χ3v) is 3.62. The van der Waals surface area contributed by atoms with Crippen molar-refractivity contribution in [1.82, 2.24) is 14.9 Å². The van der Waals surface area contributed by atoms with Crippen LogP contribution in [0.25, 0.3) is 0 Å². The predicted octanol–water partition coefficient (Wildman–Crippen LogP) is 2.71. The monoisotopic (exact) mass is 365 g/mol. The molecule has 1 amide bonds. The molecule has 0 unspecified atom stereocenters. The van der Waals surface area contributed by atoms with E-state index in [0.717, 1.165) is 22.6 Å². The maximum atomic E-state index is 11.1. The number of rotatable bonds is 7. The number of hydrogen-bond acceptors (Lipinski definition) is 6. The highest BCUT2D eigenvalue weighted by atomic mass is 16.5. The normalized spacial score (nSPS) is 10.7. The molecule has 0 saturated heterocycles. The van der Waals surface area contributed by atoms with E-state index in [1.54, 1.807) is 37.6 Å². The zero-order chi connectivity index (χ0) is 19.1. The topological polar surface area (TPSA) is 90.6 Å². The van der Waals surface area contributed by atoms with Gasteiger partial charge in [0, 0.05) is 18.2 Å². The van der Waals surface area contributed by atoms with Crippen molar-refractivity contribution in [2.75, 3.05) is 12.4 Å². The summed E-state index contributed by atoms with van der Waals surface area (Å²) in [6.07, 6.45) is 4.72. The molecule has 0 saturated carbocycles. The van der Waals surface area contributed by atoms with Gasteiger partial charge in [0.2, 0.25) is 5.91 Å². The van der Waals surface area contributed by atoms with Crippen molar-refractivity contribution in [2.45, 2.75) is 13.5 Å². The summed E-state index contributed by atoms with van der Waals surface area (Å²) in [5.74, 6) is 1.30. The van der Waals surface area contributed by atoms with Crippen molar-refractivity contribution in [3.63, 3.8) is 0 Å². The molecular formula is C19H19N5O3. The van der Waals surface area contributed by atoms with E-state index in [4.69, 9.17) is 9.47 Å². The zero-order valence-electron chi connectivity index (χ0n) is 15.0. The maximum absolute atomic E-state index is 11.1. The summed E-state index contributed by atoms with van der Waals surface area (Å²) in [5, 5.41) is 14.4. The Morgan fingerprint density at radius 1 is 1.19 bits per heavy atom. The zero-order valence-corrected chi connectivity index (χ0v) is 15.0. The van der Waals surface area contributed by atoms with Crippen LogP contribution in [0.15, 0.2) is 60.2 Å². The second-order valence-electron chi connectivity index (χ2n) is 5.65. The van der Waals surface area contributed by atoms with E-state index >= 15 is 0 Å². The molecule has 27 heavy (non-hydrogen) atoms. The molecule has 0 bridgehead atoms. The summed E-state index contributed by atoms with van der Waals surface area (Å²) < 4.78 is 12.8. The Labute approximate surface area is 156 Å². The van der Waals surface area contributed by atoms with Gasteiger partial charge in [-0.3, -0.25) is 4.79 Å². The van der Waals surface area contributed by atoms with Crippen LogP contribution in [0.1, 0.15) is 18.1 Å². The van der Waals surface area contributed by atoms with Gasteiger partial charge in [-0.1, -0.05) is 0 Å². The highest BCUT2D eigenvalue weighted by Crippen LogP contribution is 2.23. The average Bonchev–Trinajstić information content (AvgIpc) is 3.19. The number of benzene rings is 2. The molecule has 0 aliphatic heterocycles. The van der Waals surface area contributed by atoms with Crippen LogP contribution in [0.3, 0.4) is 0 Å². The van der Waals surface area contributed by atoms with Crippen LogP contribution in [-0.4, -0.2) is 34.1 Å². The first kappa shape index (κ1) is 18.1. The standard InChI is InChI=1S/C19H19N5O3/c1-14(25)23-17-4-6-18(7-5-17)27-11-16-9-15(3-8-19(16)26-2)10-22-24-12-20-21-13-24/h3-10,12-13H,11H2,1-2H3,(H,23,25)/b22-10-. The predicted molar refractivity (Wildman–Crippen MR) is 101 cm³/mol. The first-order valence-corrected chi connectivity index (χ1v) is 8.20. The van der Waals surface area contributed by atoms with Crippen molar-refractivity contribution in [3.8, 4) is 11.5 Å². The van der Waals surface area contributed by atoms with E-state index in [2.05, 4.69) is 20.6 Å². The Hall–Kier alpha value is -3.68. The number of nitrogens with one attached hydrogen (secondary N) is 1. The number of amides is 1. The molecule has 3 aromatic rings. The quantitative estimate of drug-likeness (QED) is 0.650. The van der Waals surface area contributed by atoms with E-state index < -0.39 is 0 Å². The summed E-state index contributed by atoms with van der Waals surface area (Å²) in [6.45, 7) is 1.80. The first-order valence-electron chi connectivity index (χ1n) is 8.20. The van der Waals surface area contributed by atoms with Gasteiger partial charge in [-0.05, 0) is 48.0 Å². The Bertz CT molecular complexity index is 921. The maximum Gasteiger partial charge on any atom is 0.221 e. The van der Waals surface area contributed by atoms with E-state index in [-0.39, 0.29) is 5.91 Å². The number of aromatic nitrogens is 3. The minimum absolute atomic E-state index is 0.113. The van der Waals surface area contributed by atoms with Gasteiger partial charge in [-0.2, -0.15) is 5.10 Å². The lowest BCUT2D eigenvalue weighted by Gasteiger charge is -2.11. The Balaban J connectivity index is 1.69. The number of carbonyl (C=O) groups is 1. The van der Waals surface area contributed by atoms with E-state index in [9.17, 15) is 4.79 Å². The third kappa shape index (κ3) is 5.15. The van der Waals surface area contributed by atoms with Crippen molar-refractivity contribution in [2.24, 2.45) is 5.10 Å². The summed E-state index contributed by atoms with van der Waals surface area (Å²) in [4.78, 5) is 11.1. The van der Waals surface area contributed by atoms with Gasteiger partial charge in [0.15, 0.2) is 0 Å². The van der Waals surface area contributed by atoms with Crippen molar-refractivity contribution >= 4 is 17.8 Å². The fourth-order valence-electron chi connectivity index (χ4n) is 2.38. The van der Waals surface area contributed by atoms with Crippen molar-refractivity contribution in [3.05, 3.63) is 66.2 Å². The SMILES string of the molecule is COc1ccc(/C=N\n2cnnc2)cc1COc1ccc(NC(C)=O)cc1. The Morgan fingerprint density at radius 2 is 1.93 bits per heavy atom. The van der Waals surface area contributed by atoms with Crippen LogP contribution in [0.4, 0.5) is 5.69 Å². The largest absolute Gasteiger partial charge is 0.496 e. The molecule has 1 N–H and O–H groups in total. The van der Waals surface area contributed by atoms with Crippen LogP contribution in [-0.2, 0) is 11.4 Å². The van der Waals surface area contributed by atoms with E-state index in [1.165, 1.54) is 24.3 Å². The van der Waals surface area contributed by atoms with Gasteiger partial charge in [0.05, 0.1) is 13.3 Å². The highest BCUT2D eigenvalue weighted by Gasteiger charge is 2.06. The Kier molecular flexibility index (Phi) is 5.78. The highest BCUT2D eigenvalue weighted by molar-refractivity contribution is 5.88. The number of ether oxygens (including phenoxy) is 2. The molecule has 1 heterocycles. The van der Waals surface area contributed by atoms with Gasteiger partial charge in [-0.15, -0.1) is 10.2 Å². The summed E-state index contributed by atoms with van der Waals surface area (Å²) in [6, 6.07) is 12.9.